The van der Waals surface area contributed by atoms with Crippen LogP contribution in [0.15, 0.2) is 24.3 Å². The largest absolute Gasteiger partial charge is 0.482 e. The third-order valence-electron chi connectivity index (χ3n) is 3.06. The summed E-state index contributed by atoms with van der Waals surface area (Å²) in [7, 11) is 1.74. The molecule has 0 aliphatic carbocycles. The van der Waals surface area contributed by atoms with Gasteiger partial charge in [-0.05, 0) is 30.7 Å². The van der Waals surface area contributed by atoms with E-state index in [1.54, 1.807) is 36.2 Å². The minimum absolute atomic E-state index is 0.00654. The molecule has 0 saturated heterocycles. The Morgan fingerprint density at radius 2 is 1.90 bits per heavy atom. The highest BCUT2D eigenvalue weighted by molar-refractivity contribution is 5.94. The number of carboxylic acids is 1. The molecule has 1 unspecified atom stereocenters. The molecule has 0 aliphatic heterocycles. The molecule has 1 amide bonds. The van der Waals surface area contributed by atoms with E-state index in [1.807, 2.05) is 6.92 Å². The van der Waals surface area contributed by atoms with E-state index in [0.29, 0.717) is 5.75 Å². The minimum atomic E-state index is -1.02. The number of carbonyl (C=O) groups is 2. The van der Waals surface area contributed by atoms with E-state index in [4.69, 9.17) is 9.84 Å². The van der Waals surface area contributed by atoms with Gasteiger partial charge in [0, 0.05) is 18.7 Å². The van der Waals surface area contributed by atoms with Crippen LogP contribution in [0.2, 0.25) is 0 Å². The van der Waals surface area contributed by atoms with Gasteiger partial charge in [-0.1, -0.05) is 20.3 Å². The maximum absolute atomic E-state index is 12.2. The number of rotatable bonds is 7. The molecule has 0 heterocycles. The van der Waals surface area contributed by atoms with Gasteiger partial charge in [0.05, 0.1) is 0 Å². The molecule has 1 atom stereocenters. The lowest BCUT2D eigenvalue weighted by Gasteiger charge is -2.21. The second-order valence-electron chi connectivity index (χ2n) is 4.76. The second-order valence-corrected chi connectivity index (χ2v) is 4.76. The van der Waals surface area contributed by atoms with Gasteiger partial charge in [-0.2, -0.15) is 0 Å². The zero-order valence-electron chi connectivity index (χ0n) is 12.1. The van der Waals surface area contributed by atoms with E-state index in [1.165, 1.54) is 0 Å². The summed E-state index contributed by atoms with van der Waals surface area (Å²) in [6.07, 6.45) is 1.84. The number of carbonyl (C=O) groups excluding carboxylic acids is 1. The van der Waals surface area contributed by atoms with Gasteiger partial charge in [0.25, 0.3) is 0 Å². The molecular weight excluding hydrogens is 258 g/mol. The van der Waals surface area contributed by atoms with E-state index in [-0.39, 0.29) is 18.4 Å². The fraction of sp³-hybridized carbons (Fsp3) is 0.467. The summed E-state index contributed by atoms with van der Waals surface area (Å²) in [6, 6.07) is 6.81. The molecule has 0 aromatic heterocycles. The Hall–Kier alpha value is -2.04. The lowest BCUT2D eigenvalue weighted by Crippen LogP contribution is -2.31. The van der Waals surface area contributed by atoms with Crippen LogP contribution in [0.1, 0.15) is 26.7 Å². The van der Waals surface area contributed by atoms with Crippen LogP contribution in [0, 0.1) is 5.92 Å². The number of hydrogen-bond acceptors (Lipinski definition) is 3. The number of benzene rings is 1. The van der Waals surface area contributed by atoms with Crippen molar-refractivity contribution in [3.8, 4) is 5.75 Å². The summed E-state index contributed by atoms with van der Waals surface area (Å²) in [5, 5.41) is 8.52. The molecule has 1 aromatic carbocycles. The summed E-state index contributed by atoms with van der Waals surface area (Å²) in [4.78, 5) is 24.2. The molecule has 1 aromatic rings. The number of hydrogen-bond donors (Lipinski definition) is 1. The van der Waals surface area contributed by atoms with Gasteiger partial charge in [-0.3, -0.25) is 4.79 Å². The second kappa shape index (κ2) is 7.53. The van der Waals surface area contributed by atoms with Gasteiger partial charge in [-0.15, -0.1) is 0 Å². The van der Waals surface area contributed by atoms with Gasteiger partial charge in [0.15, 0.2) is 6.61 Å². The molecule has 0 spiro atoms. The average molecular weight is 279 g/mol. The first kappa shape index (κ1) is 16.0. The number of carboxylic acid groups (broad SMARTS) is 1. The molecule has 0 bridgehead atoms. The van der Waals surface area contributed by atoms with Crippen molar-refractivity contribution in [1.82, 2.24) is 0 Å². The van der Waals surface area contributed by atoms with E-state index < -0.39 is 5.97 Å². The van der Waals surface area contributed by atoms with Crippen molar-refractivity contribution in [2.45, 2.75) is 26.7 Å². The molecule has 0 saturated carbocycles. The SMILES string of the molecule is CCCC(C)C(=O)N(C)c1ccc(OCC(=O)O)cc1. The van der Waals surface area contributed by atoms with Crippen LogP contribution in [-0.2, 0) is 9.59 Å². The highest BCUT2D eigenvalue weighted by Crippen LogP contribution is 2.21. The Bertz CT molecular complexity index is 455. The molecule has 5 nitrogen and oxygen atoms in total. The number of nitrogens with zero attached hydrogens (tertiary/aromatic N) is 1. The summed E-state index contributed by atoms with van der Waals surface area (Å²) in [6.45, 7) is 3.60. The first-order chi connectivity index (χ1) is 9.45. The molecule has 0 fully saturated rings. The monoisotopic (exact) mass is 279 g/mol. The Morgan fingerprint density at radius 3 is 2.40 bits per heavy atom. The lowest BCUT2D eigenvalue weighted by atomic mass is 10.0. The molecule has 5 heteroatoms. The number of amides is 1. The van der Waals surface area contributed by atoms with Crippen molar-refractivity contribution < 1.29 is 19.4 Å². The summed E-state index contributed by atoms with van der Waals surface area (Å²) in [5.74, 6) is -0.479. The summed E-state index contributed by atoms with van der Waals surface area (Å²) in [5.41, 5.74) is 0.764. The van der Waals surface area contributed by atoms with E-state index in [0.717, 1.165) is 18.5 Å². The van der Waals surface area contributed by atoms with Gasteiger partial charge < -0.3 is 14.7 Å². The quantitative estimate of drug-likeness (QED) is 0.833. The highest BCUT2D eigenvalue weighted by atomic mass is 16.5. The van der Waals surface area contributed by atoms with E-state index in [2.05, 4.69) is 6.92 Å². The summed E-state index contributed by atoms with van der Waals surface area (Å²) < 4.78 is 5.05. The number of ether oxygens (including phenoxy) is 1. The Labute approximate surface area is 119 Å². The fourth-order valence-corrected chi connectivity index (χ4v) is 1.93. The van der Waals surface area contributed by atoms with Crippen LogP contribution in [0.5, 0.6) is 5.75 Å². The maximum atomic E-state index is 12.2. The normalized spacial score (nSPS) is 11.8. The highest BCUT2D eigenvalue weighted by Gasteiger charge is 2.17. The standard InChI is InChI=1S/C15H21NO4/c1-4-5-11(2)15(19)16(3)12-6-8-13(9-7-12)20-10-14(17)18/h6-9,11H,4-5,10H2,1-3H3,(H,17,18). The van der Waals surface area contributed by atoms with E-state index in [9.17, 15) is 9.59 Å². The van der Waals surface area contributed by atoms with Crippen LogP contribution >= 0.6 is 0 Å². The fourth-order valence-electron chi connectivity index (χ4n) is 1.93. The van der Waals surface area contributed by atoms with E-state index >= 15 is 0 Å². The Balaban J connectivity index is 2.67. The first-order valence-electron chi connectivity index (χ1n) is 6.68. The van der Waals surface area contributed by atoms with Crippen LogP contribution in [0.3, 0.4) is 0 Å². The van der Waals surface area contributed by atoms with Crippen LogP contribution in [0.4, 0.5) is 5.69 Å². The van der Waals surface area contributed by atoms with Crippen LogP contribution in [0.25, 0.3) is 0 Å². The van der Waals surface area contributed by atoms with Gasteiger partial charge in [0.1, 0.15) is 5.75 Å². The molecule has 1 rings (SSSR count). The van der Waals surface area contributed by atoms with Crippen LogP contribution < -0.4 is 9.64 Å². The molecule has 110 valence electrons. The van der Waals surface area contributed by atoms with Gasteiger partial charge in [-0.25, -0.2) is 4.79 Å². The van der Waals surface area contributed by atoms with Crippen LogP contribution in [-0.4, -0.2) is 30.6 Å². The molecule has 0 radical (unpaired) electrons. The molecular formula is C15H21NO4. The van der Waals surface area contributed by atoms with Crippen molar-refractivity contribution in [3.05, 3.63) is 24.3 Å². The summed E-state index contributed by atoms with van der Waals surface area (Å²) >= 11 is 0. The Kier molecular flexibility index (Phi) is 6.03. The third kappa shape index (κ3) is 4.57. The van der Waals surface area contributed by atoms with Crippen molar-refractivity contribution in [2.75, 3.05) is 18.6 Å². The average Bonchev–Trinajstić information content (AvgIpc) is 2.44. The van der Waals surface area contributed by atoms with Gasteiger partial charge in [0.2, 0.25) is 5.91 Å². The van der Waals surface area contributed by atoms with Gasteiger partial charge >= 0.3 is 5.97 Å². The van der Waals surface area contributed by atoms with Crippen molar-refractivity contribution in [1.29, 1.82) is 0 Å². The van der Waals surface area contributed by atoms with Crippen molar-refractivity contribution in [2.24, 2.45) is 5.92 Å². The van der Waals surface area contributed by atoms with Crippen molar-refractivity contribution >= 4 is 17.6 Å². The number of aliphatic carboxylic acids is 1. The zero-order chi connectivity index (χ0) is 15.1. The Morgan fingerprint density at radius 1 is 1.30 bits per heavy atom. The number of anilines is 1. The topological polar surface area (TPSA) is 66.8 Å². The zero-order valence-corrected chi connectivity index (χ0v) is 12.1. The molecule has 20 heavy (non-hydrogen) atoms. The minimum Gasteiger partial charge on any atom is -0.482 e. The lowest BCUT2D eigenvalue weighted by molar-refractivity contribution is -0.139. The smallest absolute Gasteiger partial charge is 0.341 e. The first-order valence-corrected chi connectivity index (χ1v) is 6.68. The maximum Gasteiger partial charge on any atom is 0.341 e. The molecule has 1 N–H and O–H groups in total. The molecule has 0 aliphatic rings. The predicted molar refractivity (Wildman–Crippen MR) is 77.1 cm³/mol. The third-order valence-corrected chi connectivity index (χ3v) is 3.06. The predicted octanol–water partition coefficient (Wildman–Crippen LogP) is 2.55. The van der Waals surface area contributed by atoms with Crippen molar-refractivity contribution in [3.63, 3.8) is 0 Å².